The van der Waals surface area contributed by atoms with Gasteiger partial charge < -0.3 is 0 Å². The van der Waals surface area contributed by atoms with E-state index in [2.05, 4.69) is 15.4 Å². The Hall–Kier alpha value is -2.33. The van der Waals surface area contributed by atoms with Crippen LogP contribution in [0, 0.1) is 6.92 Å². The van der Waals surface area contributed by atoms with Gasteiger partial charge in [0.25, 0.3) is 5.91 Å². The van der Waals surface area contributed by atoms with Gasteiger partial charge in [0.1, 0.15) is 5.71 Å². The van der Waals surface area contributed by atoms with Crippen molar-refractivity contribution in [2.45, 2.75) is 32.2 Å². The lowest BCUT2D eigenvalue weighted by Crippen LogP contribution is -2.42. The summed E-state index contributed by atoms with van der Waals surface area (Å²) >= 11 is 1.37. The van der Waals surface area contributed by atoms with Crippen molar-refractivity contribution in [3.63, 3.8) is 0 Å². The SMILES string of the molecule is Cc1ccc2nc(NC(=O)C3=NN([C@@H]4CCS(=O)(=O)C4)C(=O)CC3)sc2c1. The number of rotatable bonds is 3. The summed E-state index contributed by atoms with van der Waals surface area (Å²) in [6.45, 7) is 1.99. The molecule has 2 aliphatic rings. The van der Waals surface area contributed by atoms with Crippen LogP contribution in [-0.2, 0) is 19.4 Å². The number of aromatic nitrogens is 1. The van der Waals surface area contributed by atoms with E-state index in [1.807, 2.05) is 25.1 Å². The van der Waals surface area contributed by atoms with Crippen LogP contribution in [0.4, 0.5) is 5.13 Å². The highest BCUT2D eigenvalue weighted by atomic mass is 32.2. The van der Waals surface area contributed by atoms with Crippen LogP contribution in [0.3, 0.4) is 0 Å². The van der Waals surface area contributed by atoms with Gasteiger partial charge in [0.15, 0.2) is 15.0 Å². The monoisotopic (exact) mass is 406 g/mol. The first-order valence-corrected chi connectivity index (χ1v) is 11.2. The molecule has 0 aliphatic carbocycles. The maximum Gasteiger partial charge on any atom is 0.273 e. The fourth-order valence-electron chi connectivity index (χ4n) is 3.24. The van der Waals surface area contributed by atoms with E-state index in [0.29, 0.717) is 11.6 Å². The summed E-state index contributed by atoms with van der Waals surface area (Å²) in [6.07, 6.45) is 0.718. The predicted octanol–water partition coefficient (Wildman–Crippen LogP) is 1.71. The Morgan fingerprint density at radius 2 is 2.15 bits per heavy atom. The molecule has 0 saturated carbocycles. The highest BCUT2D eigenvalue weighted by Gasteiger charge is 2.37. The molecule has 4 rings (SSSR count). The molecule has 1 aromatic heterocycles. The van der Waals surface area contributed by atoms with E-state index < -0.39 is 21.8 Å². The average Bonchev–Trinajstić information content (AvgIpc) is 3.16. The van der Waals surface area contributed by atoms with E-state index in [1.54, 1.807) is 0 Å². The predicted molar refractivity (Wildman–Crippen MR) is 104 cm³/mol. The zero-order valence-corrected chi connectivity index (χ0v) is 16.3. The van der Waals surface area contributed by atoms with E-state index in [4.69, 9.17) is 0 Å². The normalized spacial score (nSPS) is 22.1. The van der Waals surface area contributed by atoms with Crippen molar-refractivity contribution in [3.8, 4) is 0 Å². The van der Waals surface area contributed by atoms with Crippen LogP contribution < -0.4 is 5.32 Å². The molecule has 10 heteroatoms. The number of carbonyl (C=O) groups excluding carboxylic acids is 2. The number of amides is 2. The summed E-state index contributed by atoms with van der Waals surface area (Å²) in [5.41, 5.74) is 2.13. The number of hydrogen-bond donors (Lipinski definition) is 1. The highest BCUT2D eigenvalue weighted by Crippen LogP contribution is 2.27. The minimum absolute atomic E-state index is 0.0453. The minimum Gasteiger partial charge on any atom is -0.297 e. The fourth-order valence-corrected chi connectivity index (χ4v) is 5.89. The van der Waals surface area contributed by atoms with Gasteiger partial charge in [0, 0.05) is 12.8 Å². The minimum atomic E-state index is -3.14. The molecule has 1 fully saturated rings. The molecule has 8 nitrogen and oxygen atoms in total. The number of nitrogens with zero attached hydrogens (tertiary/aromatic N) is 3. The number of benzene rings is 1. The number of hydrogen-bond acceptors (Lipinski definition) is 7. The van der Waals surface area contributed by atoms with Crippen LogP contribution in [0.25, 0.3) is 10.2 Å². The van der Waals surface area contributed by atoms with Crippen molar-refractivity contribution in [1.82, 2.24) is 9.99 Å². The Morgan fingerprint density at radius 1 is 1.33 bits per heavy atom. The van der Waals surface area contributed by atoms with Gasteiger partial charge in [-0.25, -0.2) is 18.4 Å². The smallest absolute Gasteiger partial charge is 0.273 e. The van der Waals surface area contributed by atoms with Crippen molar-refractivity contribution in [2.75, 3.05) is 16.8 Å². The van der Waals surface area contributed by atoms with E-state index >= 15 is 0 Å². The van der Waals surface area contributed by atoms with Crippen LogP contribution in [0.5, 0.6) is 0 Å². The lowest BCUT2D eigenvalue weighted by atomic mass is 10.1. The van der Waals surface area contributed by atoms with Gasteiger partial charge in [0.2, 0.25) is 5.91 Å². The highest BCUT2D eigenvalue weighted by molar-refractivity contribution is 7.91. The van der Waals surface area contributed by atoms with Gasteiger partial charge in [-0.2, -0.15) is 5.10 Å². The number of thiazole rings is 1. The number of nitrogens with one attached hydrogen (secondary N) is 1. The molecular formula is C17H18N4O4S2. The molecule has 3 heterocycles. The first-order valence-electron chi connectivity index (χ1n) is 8.59. The molecule has 0 unspecified atom stereocenters. The summed E-state index contributed by atoms with van der Waals surface area (Å²) in [5, 5.41) is 8.57. The van der Waals surface area contributed by atoms with Gasteiger partial charge in [-0.1, -0.05) is 17.4 Å². The van der Waals surface area contributed by atoms with Gasteiger partial charge >= 0.3 is 0 Å². The third kappa shape index (κ3) is 3.72. The molecule has 1 aromatic carbocycles. The largest absolute Gasteiger partial charge is 0.297 e. The number of carbonyl (C=O) groups is 2. The van der Waals surface area contributed by atoms with Crippen molar-refractivity contribution in [1.29, 1.82) is 0 Å². The van der Waals surface area contributed by atoms with Crippen molar-refractivity contribution in [2.24, 2.45) is 5.10 Å². The van der Waals surface area contributed by atoms with Crippen LogP contribution in [0.2, 0.25) is 0 Å². The summed E-state index contributed by atoms with van der Waals surface area (Å²) < 4.78 is 24.3. The Morgan fingerprint density at radius 3 is 2.89 bits per heavy atom. The van der Waals surface area contributed by atoms with Crippen LogP contribution >= 0.6 is 11.3 Å². The first kappa shape index (κ1) is 18.1. The van der Waals surface area contributed by atoms with Gasteiger partial charge in [0.05, 0.1) is 27.8 Å². The number of anilines is 1. The van der Waals surface area contributed by atoms with Crippen LogP contribution in [-0.4, -0.2) is 53.5 Å². The second kappa shape index (κ2) is 6.68. The molecule has 27 heavy (non-hydrogen) atoms. The molecule has 2 amide bonds. The number of hydrazone groups is 1. The molecule has 0 radical (unpaired) electrons. The molecule has 1 saturated heterocycles. The summed E-state index contributed by atoms with van der Waals surface area (Å²) in [7, 11) is -3.14. The van der Waals surface area contributed by atoms with E-state index in [-0.39, 0.29) is 36.0 Å². The lowest BCUT2D eigenvalue weighted by molar-refractivity contribution is -0.133. The summed E-state index contributed by atoms with van der Waals surface area (Å²) in [6, 6.07) is 5.37. The number of aryl methyl sites for hydroxylation is 1. The van der Waals surface area contributed by atoms with Gasteiger partial charge in [-0.3, -0.25) is 14.9 Å². The Labute approximate surface area is 160 Å². The van der Waals surface area contributed by atoms with E-state index in [0.717, 1.165) is 15.8 Å². The summed E-state index contributed by atoms with van der Waals surface area (Å²) in [4.78, 5) is 29.1. The number of fused-ring (bicyclic) bond motifs is 1. The van der Waals surface area contributed by atoms with Crippen molar-refractivity contribution >= 4 is 54.0 Å². The molecule has 2 aliphatic heterocycles. The third-order valence-electron chi connectivity index (χ3n) is 4.64. The Bertz CT molecular complexity index is 1070. The first-order chi connectivity index (χ1) is 12.8. The molecule has 142 valence electrons. The van der Waals surface area contributed by atoms with Gasteiger partial charge in [-0.05, 0) is 31.0 Å². The molecular weight excluding hydrogens is 388 g/mol. The molecule has 0 spiro atoms. The standard InChI is InChI=1S/C17H18N4O4S2/c1-10-2-3-12-14(8-10)26-17(18-12)19-16(23)13-4-5-15(22)21(20-13)11-6-7-27(24,25)9-11/h2-3,8,11H,4-7,9H2,1H3,(H,18,19,23)/t11-/m1/s1. The fraction of sp³-hybridized carbons (Fsp3) is 0.412. The van der Waals surface area contributed by atoms with Crippen molar-refractivity contribution < 1.29 is 18.0 Å². The third-order valence-corrected chi connectivity index (χ3v) is 7.32. The van der Waals surface area contributed by atoms with Gasteiger partial charge in [-0.15, -0.1) is 0 Å². The average molecular weight is 406 g/mol. The van der Waals surface area contributed by atoms with Crippen molar-refractivity contribution in [3.05, 3.63) is 23.8 Å². The van der Waals surface area contributed by atoms with Crippen LogP contribution in [0.15, 0.2) is 23.3 Å². The quantitative estimate of drug-likeness (QED) is 0.835. The zero-order valence-electron chi connectivity index (χ0n) is 14.6. The molecule has 0 bridgehead atoms. The second-order valence-electron chi connectivity index (χ2n) is 6.79. The second-order valence-corrected chi connectivity index (χ2v) is 10.0. The maximum absolute atomic E-state index is 12.6. The topological polar surface area (TPSA) is 109 Å². The Balaban J connectivity index is 1.53. The number of sulfone groups is 1. The lowest BCUT2D eigenvalue weighted by Gasteiger charge is -2.27. The Kier molecular flexibility index (Phi) is 4.47. The molecule has 1 atom stereocenters. The molecule has 2 aromatic rings. The van der Waals surface area contributed by atoms with Crippen LogP contribution in [0.1, 0.15) is 24.8 Å². The molecule has 1 N–H and O–H groups in total. The zero-order chi connectivity index (χ0) is 19.2. The summed E-state index contributed by atoms with van der Waals surface area (Å²) in [5.74, 6) is -0.717. The van der Waals surface area contributed by atoms with E-state index in [9.17, 15) is 18.0 Å². The van der Waals surface area contributed by atoms with E-state index in [1.165, 1.54) is 16.3 Å². The maximum atomic E-state index is 12.6.